The summed E-state index contributed by atoms with van der Waals surface area (Å²) in [5.74, 6) is -5.72. The van der Waals surface area contributed by atoms with Crippen molar-refractivity contribution in [2.75, 3.05) is 5.32 Å². The van der Waals surface area contributed by atoms with E-state index in [9.17, 15) is 41.2 Å². The number of para-hydroxylation sites is 1. The van der Waals surface area contributed by atoms with Gasteiger partial charge in [0.05, 0.1) is 11.3 Å². The van der Waals surface area contributed by atoms with Gasteiger partial charge in [0.2, 0.25) is 11.8 Å². The molecule has 1 amide bonds. The molecule has 32 heavy (non-hydrogen) atoms. The standard InChI is InChI=1S/C21H18BF6NO3/c23-16-10-12(4-5-15(16)22(31)32)20(11-6-8-19(24,25)9-7-11)13-2-1-3-14(21(26,27)28)17(13)29-18(20)30/h1-5,10-11,31-32H,6-9H2,(H,29,30). The van der Waals surface area contributed by atoms with Crippen LogP contribution in [0.15, 0.2) is 36.4 Å². The van der Waals surface area contributed by atoms with Crippen molar-refractivity contribution in [3.05, 3.63) is 58.9 Å². The molecule has 11 heteroatoms. The lowest BCUT2D eigenvalue weighted by Crippen LogP contribution is -2.46. The summed E-state index contributed by atoms with van der Waals surface area (Å²) in [5.41, 5.74) is -3.99. The third-order valence-electron chi connectivity index (χ3n) is 6.45. The van der Waals surface area contributed by atoms with Crippen LogP contribution in [0.1, 0.15) is 42.4 Å². The number of anilines is 1. The first-order valence-corrected chi connectivity index (χ1v) is 9.94. The number of hydrogen-bond acceptors (Lipinski definition) is 3. The third-order valence-corrected chi connectivity index (χ3v) is 6.45. The molecule has 3 N–H and O–H groups in total. The maximum absolute atomic E-state index is 14.6. The van der Waals surface area contributed by atoms with Crippen LogP contribution in [0.4, 0.5) is 32.0 Å². The fraction of sp³-hybridized carbons (Fsp3) is 0.381. The average molecular weight is 457 g/mol. The van der Waals surface area contributed by atoms with Gasteiger partial charge >= 0.3 is 13.3 Å². The van der Waals surface area contributed by atoms with Gasteiger partial charge in [0, 0.05) is 18.3 Å². The summed E-state index contributed by atoms with van der Waals surface area (Å²) in [6.45, 7) is 0. The van der Waals surface area contributed by atoms with Crippen LogP contribution in [0.5, 0.6) is 0 Å². The molecule has 170 valence electrons. The molecule has 1 heterocycles. The van der Waals surface area contributed by atoms with Crippen molar-refractivity contribution in [3.63, 3.8) is 0 Å². The van der Waals surface area contributed by atoms with E-state index in [-0.39, 0.29) is 24.0 Å². The zero-order valence-electron chi connectivity index (χ0n) is 16.5. The number of alkyl halides is 5. The van der Waals surface area contributed by atoms with Crippen LogP contribution >= 0.6 is 0 Å². The summed E-state index contributed by atoms with van der Waals surface area (Å²) >= 11 is 0. The Morgan fingerprint density at radius 3 is 2.28 bits per heavy atom. The maximum Gasteiger partial charge on any atom is 0.491 e. The second-order valence-electron chi connectivity index (χ2n) is 8.23. The Morgan fingerprint density at radius 2 is 1.72 bits per heavy atom. The second-order valence-corrected chi connectivity index (χ2v) is 8.23. The van der Waals surface area contributed by atoms with Gasteiger partial charge < -0.3 is 15.4 Å². The number of rotatable bonds is 3. The number of carbonyl (C=O) groups is 1. The molecule has 2 aromatic rings. The maximum atomic E-state index is 14.6. The van der Waals surface area contributed by atoms with Crippen molar-refractivity contribution in [2.45, 2.75) is 43.2 Å². The minimum absolute atomic E-state index is 0.0369. The average Bonchev–Trinajstić information content (AvgIpc) is 2.99. The van der Waals surface area contributed by atoms with E-state index in [0.717, 1.165) is 24.3 Å². The fourth-order valence-corrected chi connectivity index (χ4v) is 4.97. The van der Waals surface area contributed by atoms with E-state index in [4.69, 9.17) is 0 Å². The minimum Gasteiger partial charge on any atom is -0.423 e. The van der Waals surface area contributed by atoms with Gasteiger partial charge in [-0.1, -0.05) is 24.3 Å². The summed E-state index contributed by atoms with van der Waals surface area (Å²) in [6, 6.07) is 6.33. The lowest BCUT2D eigenvalue weighted by atomic mass is 9.61. The molecular weight excluding hydrogens is 439 g/mol. The summed E-state index contributed by atoms with van der Waals surface area (Å²) in [4.78, 5) is 13.3. The first-order chi connectivity index (χ1) is 14.9. The van der Waals surface area contributed by atoms with Crippen molar-refractivity contribution in [1.29, 1.82) is 0 Å². The number of hydrogen-bond donors (Lipinski definition) is 3. The summed E-state index contributed by atoms with van der Waals surface area (Å²) in [6.07, 6.45) is -6.23. The zero-order valence-corrected chi connectivity index (χ0v) is 16.5. The third kappa shape index (κ3) is 3.47. The predicted molar refractivity (Wildman–Crippen MR) is 104 cm³/mol. The number of amides is 1. The molecule has 2 aromatic carbocycles. The van der Waals surface area contributed by atoms with Crippen molar-refractivity contribution in [3.8, 4) is 0 Å². The van der Waals surface area contributed by atoms with E-state index in [1.807, 2.05) is 0 Å². The molecule has 4 nitrogen and oxygen atoms in total. The summed E-state index contributed by atoms with van der Waals surface area (Å²) in [7, 11) is -2.14. The molecule has 1 aliphatic carbocycles. The molecule has 2 aliphatic rings. The number of fused-ring (bicyclic) bond motifs is 1. The topological polar surface area (TPSA) is 69.6 Å². The molecule has 1 saturated carbocycles. The Balaban J connectivity index is 1.96. The lowest BCUT2D eigenvalue weighted by molar-refractivity contribution is -0.136. The molecule has 0 bridgehead atoms. The minimum atomic E-state index is -4.79. The van der Waals surface area contributed by atoms with Crippen LogP contribution in [0, 0.1) is 11.7 Å². The molecule has 0 radical (unpaired) electrons. The SMILES string of the molecule is O=C1Nc2c(C(F)(F)F)cccc2C1(c1ccc(B(O)O)c(F)c1)C1CCC(F)(F)CC1. The van der Waals surface area contributed by atoms with E-state index in [1.54, 1.807) is 0 Å². The normalized spacial score (nSPS) is 23.1. The Kier molecular flexibility index (Phi) is 5.32. The first kappa shape index (κ1) is 22.7. The highest BCUT2D eigenvalue weighted by Gasteiger charge is 2.57. The van der Waals surface area contributed by atoms with Gasteiger partial charge in [-0.2, -0.15) is 13.2 Å². The summed E-state index contributed by atoms with van der Waals surface area (Å²) in [5, 5.41) is 20.9. The van der Waals surface area contributed by atoms with Crippen LogP contribution < -0.4 is 10.8 Å². The van der Waals surface area contributed by atoms with Gasteiger partial charge in [-0.3, -0.25) is 4.79 Å². The van der Waals surface area contributed by atoms with E-state index in [2.05, 4.69) is 5.32 Å². The van der Waals surface area contributed by atoms with Gasteiger partial charge in [0.15, 0.2) is 0 Å². The van der Waals surface area contributed by atoms with Gasteiger partial charge in [-0.05, 0) is 42.0 Å². The second kappa shape index (κ2) is 7.52. The van der Waals surface area contributed by atoms with Crippen molar-refractivity contribution >= 4 is 24.2 Å². The molecule has 1 fully saturated rings. The molecule has 1 atom stereocenters. The zero-order chi connectivity index (χ0) is 23.5. The molecule has 4 rings (SSSR count). The monoisotopic (exact) mass is 457 g/mol. The molecule has 0 aromatic heterocycles. The Bertz CT molecular complexity index is 1060. The van der Waals surface area contributed by atoms with Gasteiger partial charge in [0.25, 0.3) is 0 Å². The van der Waals surface area contributed by atoms with Crippen molar-refractivity contribution in [1.82, 2.24) is 0 Å². The van der Waals surface area contributed by atoms with E-state index in [0.29, 0.717) is 0 Å². The molecular formula is C21H18BF6NO3. The Morgan fingerprint density at radius 1 is 1.06 bits per heavy atom. The fourth-order valence-electron chi connectivity index (χ4n) is 4.97. The van der Waals surface area contributed by atoms with Crippen LogP contribution in [0.3, 0.4) is 0 Å². The van der Waals surface area contributed by atoms with Crippen molar-refractivity contribution < 1.29 is 41.2 Å². The molecule has 0 spiro atoms. The Hall–Kier alpha value is -2.53. The van der Waals surface area contributed by atoms with Crippen LogP contribution in [-0.2, 0) is 16.4 Å². The molecule has 0 saturated heterocycles. The van der Waals surface area contributed by atoms with E-state index < -0.39 is 71.8 Å². The van der Waals surface area contributed by atoms with E-state index >= 15 is 0 Å². The van der Waals surface area contributed by atoms with Crippen molar-refractivity contribution in [2.24, 2.45) is 5.92 Å². The highest BCUT2D eigenvalue weighted by molar-refractivity contribution is 6.58. The number of halogens is 6. The number of carbonyl (C=O) groups excluding carboxylic acids is 1. The van der Waals surface area contributed by atoms with Gasteiger partial charge in [0.1, 0.15) is 11.2 Å². The van der Waals surface area contributed by atoms with E-state index in [1.165, 1.54) is 12.1 Å². The van der Waals surface area contributed by atoms with Crippen LogP contribution in [0.2, 0.25) is 0 Å². The van der Waals surface area contributed by atoms with Gasteiger partial charge in [-0.15, -0.1) is 0 Å². The summed E-state index contributed by atoms with van der Waals surface area (Å²) < 4.78 is 83.2. The Labute approximate surface area is 179 Å². The number of nitrogens with one attached hydrogen (secondary N) is 1. The quantitative estimate of drug-likeness (QED) is 0.488. The van der Waals surface area contributed by atoms with Gasteiger partial charge in [-0.25, -0.2) is 13.2 Å². The highest BCUT2D eigenvalue weighted by atomic mass is 19.4. The smallest absolute Gasteiger partial charge is 0.423 e. The van der Waals surface area contributed by atoms with Crippen LogP contribution in [-0.4, -0.2) is 29.0 Å². The predicted octanol–water partition coefficient (Wildman–Crippen LogP) is 3.59. The first-order valence-electron chi connectivity index (χ1n) is 9.94. The largest absolute Gasteiger partial charge is 0.491 e. The van der Waals surface area contributed by atoms with Crippen LogP contribution in [0.25, 0.3) is 0 Å². The highest BCUT2D eigenvalue weighted by Crippen LogP contribution is 2.55. The number of benzene rings is 2. The molecule has 1 aliphatic heterocycles. The molecule has 1 unspecified atom stereocenters. The lowest BCUT2D eigenvalue weighted by Gasteiger charge is -2.40.